The third kappa shape index (κ3) is 1.09. The first-order valence-electron chi connectivity index (χ1n) is 5.08. The maximum atomic E-state index is 11.6. The van der Waals surface area contributed by atoms with E-state index in [2.05, 4.69) is 10.0 Å². The van der Waals surface area contributed by atoms with Crippen LogP contribution in [0.15, 0.2) is 11.1 Å². The average Bonchev–Trinajstić information content (AvgIpc) is 2.69. The Labute approximate surface area is 83.8 Å². The molecule has 3 aliphatic rings. The molecular formula is C9H14N2O2S. The van der Waals surface area contributed by atoms with E-state index in [9.17, 15) is 8.42 Å². The van der Waals surface area contributed by atoms with Crippen molar-refractivity contribution >= 4 is 10.0 Å². The van der Waals surface area contributed by atoms with Crippen molar-refractivity contribution in [2.75, 3.05) is 19.6 Å². The number of hydrogen-bond acceptors (Lipinski definition) is 3. The van der Waals surface area contributed by atoms with E-state index in [1.165, 1.54) is 11.1 Å². The number of rotatable bonds is 0. The maximum Gasteiger partial charge on any atom is 0.215 e. The van der Waals surface area contributed by atoms with Gasteiger partial charge >= 0.3 is 0 Å². The Kier molecular flexibility index (Phi) is 1.78. The van der Waals surface area contributed by atoms with Crippen molar-refractivity contribution in [2.45, 2.75) is 18.1 Å². The summed E-state index contributed by atoms with van der Waals surface area (Å²) in [6.45, 7) is 2.49. The summed E-state index contributed by atoms with van der Waals surface area (Å²) in [6.07, 6.45) is 1.77. The molecule has 2 atom stereocenters. The molecule has 0 radical (unpaired) electrons. The summed E-state index contributed by atoms with van der Waals surface area (Å²) >= 11 is 0. The first kappa shape index (κ1) is 8.88. The second kappa shape index (κ2) is 2.81. The summed E-state index contributed by atoms with van der Waals surface area (Å²) in [5.41, 5.74) is 2.83. The van der Waals surface area contributed by atoms with Crippen molar-refractivity contribution in [1.82, 2.24) is 10.0 Å². The van der Waals surface area contributed by atoms with Crippen LogP contribution in [0.25, 0.3) is 0 Å². The zero-order valence-corrected chi connectivity index (χ0v) is 8.73. The third-order valence-corrected chi connectivity index (χ3v) is 5.57. The molecule has 2 heterocycles. The standard InChI is InChI=1S/C9H14N2O2S/c12-14(13)9-2-1-6-3-10-4-7(6)8(9)5-11-14/h8-11H,1-5H2/t8-,9+/m1/s1. The lowest BCUT2D eigenvalue weighted by Gasteiger charge is -2.24. The van der Waals surface area contributed by atoms with Crippen LogP contribution in [-0.2, 0) is 10.0 Å². The van der Waals surface area contributed by atoms with Gasteiger partial charge in [0.25, 0.3) is 0 Å². The first-order valence-corrected chi connectivity index (χ1v) is 6.63. The highest BCUT2D eigenvalue weighted by Crippen LogP contribution is 2.38. The Hall–Kier alpha value is -0.390. The van der Waals surface area contributed by atoms with E-state index in [0.717, 1.165) is 25.9 Å². The number of nitrogens with one attached hydrogen (secondary N) is 2. The molecule has 1 fully saturated rings. The minimum absolute atomic E-state index is 0.152. The highest BCUT2D eigenvalue weighted by Gasteiger charge is 2.45. The quantitative estimate of drug-likeness (QED) is 0.539. The van der Waals surface area contributed by atoms with E-state index in [1.807, 2.05) is 0 Å². The predicted molar refractivity (Wildman–Crippen MR) is 53.3 cm³/mol. The summed E-state index contributed by atoms with van der Waals surface area (Å²) < 4.78 is 25.9. The lowest BCUT2D eigenvalue weighted by Crippen LogP contribution is -2.29. The van der Waals surface area contributed by atoms with Crippen LogP contribution in [0.5, 0.6) is 0 Å². The fraction of sp³-hybridized carbons (Fsp3) is 0.778. The summed E-state index contributed by atoms with van der Waals surface area (Å²) in [4.78, 5) is 0. The zero-order chi connectivity index (χ0) is 9.76. The van der Waals surface area contributed by atoms with Gasteiger partial charge in [-0.2, -0.15) is 0 Å². The molecule has 2 N–H and O–H groups in total. The molecule has 1 aliphatic carbocycles. The van der Waals surface area contributed by atoms with E-state index < -0.39 is 10.0 Å². The Morgan fingerprint density at radius 3 is 3.00 bits per heavy atom. The minimum atomic E-state index is -3.00. The molecule has 3 rings (SSSR count). The SMILES string of the molecule is O=S1(=O)NC[C@@H]2C3=C(CC[C@@H]21)CNC3. The molecule has 0 bridgehead atoms. The highest BCUT2D eigenvalue weighted by molar-refractivity contribution is 7.90. The van der Waals surface area contributed by atoms with E-state index >= 15 is 0 Å². The molecular weight excluding hydrogens is 200 g/mol. The smallest absolute Gasteiger partial charge is 0.215 e. The van der Waals surface area contributed by atoms with Gasteiger partial charge in [0.05, 0.1) is 5.25 Å². The summed E-state index contributed by atoms with van der Waals surface area (Å²) in [5, 5.41) is 3.16. The van der Waals surface area contributed by atoms with Crippen molar-refractivity contribution in [3.63, 3.8) is 0 Å². The van der Waals surface area contributed by atoms with Gasteiger partial charge in [0, 0.05) is 25.6 Å². The predicted octanol–water partition coefficient (Wildman–Crippen LogP) is -0.402. The monoisotopic (exact) mass is 214 g/mol. The molecule has 5 heteroatoms. The van der Waals surface area contributed by atoms with Crippen LogP contribution in [0.3, 0.4) is 0 Å². The van der Waals surface area contributed by atoms with Gasteiger partial charge in [0.2, 0.25) is 10.0 Å². The van der Waals surface area contributed by atoms with Gasteiger partial charge in [0.15, 0.2) is 0 Å². The van der Waals surface area contributed by atoms with E-state index in [1.54, 1.807) is 0 Å². The topological polar surface area (TPSA) is 58.2 Å². The summed E-state index contributed by atoms with van der Waals surface area (Å²) in [6, 6.07) is 0. The van der Waals surface area contributed by atoms with Gasteiger partial charge in [0.1, 0.15) is 0 Å². The third-order valence-electron chi connectivity index (χ3n) is 3.64. The first-order chi connectivity index (χ1) is 6.68. The van der Waals surface area contributed by atoms with E-state index in [0.29, 0.717) is 6.54 Å². The van der Waals surface area contributed by atoms with Crippen LogP contribution >= 0.6 is 0 Å². The lowest BCUT2D eigenvalue weighted by molar-refractivity contribution is 0.523. The van der Waals surface area contributed by atoms with Crippen LogP contribution in [-0.4, -0.2) is 33.3 Å². The molecule has 1 saturated heterocycles. The molecule has 0 aromatic heterocycles. The fourth-order valence-corrected chi connectivity index (χ4v) is 4.66. The van der Waals surface area contributed by atoms with Gasteiger partial charge in [-0.1, -0.05) is 11.1 Å². The maximum absolute atomic E-state index is 11.6. The average molecular weight is 214 g/mol. The summed E-state index contributed by atoms with van der Waals surface area (Å²) in [5.74, 6) is 0.249. The number of sulfonamides is 1. The lowest BCUT2D eigenvalue weighted by atomic mass is 9.84. The highest BCUT2D eigenvalue weighted by atomic mass is 32.2. The number of hydrogen-bond donors (Lipinski definition) is 2. The Bertz CT molecular complexity index is 399. The molecule has 0 amide bonds. The van der Waals surface area contributed by atoms with Gasteiger partial charge in [-0.25, -0.2) is 13.1 Å². The molecule has 14 heavy (non-hydrogen) atoms. The van der Waals surface area contributed by atoms with Gasteiger partial charge in [-0.15, -0.1) is 0 Å². The Morgan fingerprint density at radius 1 is 1.29 bits per heavy atom. The number of fused-ring (bicyclic) bond motifs is 2. The van der Waals surface area contributed by atoms with E-state index in [-0.39, 0.29) is 11.2 Å². The molecule has 0 aromatic rings. The van der Waals surface area contributed by atoms with Crippen molar-refractivity contribution < 1.29 is 8.42 Å². The molecule has 0 spiro atoms. The molecule has 0 aromatic carbocycles. The molecule has 4 nitrogen and oxygen atoms in total. The fourth-order valence-electron chi connectivity index (χ4n) is 2.91. The zero-order valence-electron chi connectivity index (χ0n) is 7.91. The normalized spacial score (nSPS) is 39.7. The van der Waals surface area contributed by atoms with Crippen LogP contribution in [0.4, 0.5) is 0 Å². The van der Waals surface area contributed by atoms with Crippen LogP contribution in [0.1, 0.15) is 12.8 Å². The molecule has 0 saturated carbocycles. The van der Waals surface area contributed by atoms with Crippen molar-refractivity contribution in [3.05, 3.63) is 11.1 Å². The summed E-state index contributed by atoms with van der Waals surface area (Å²) in [7, 11) is -3.00. The Balaban J connectivity index is 2.01. The Morgan fingerprint density at radius 2 is 2.14 bits per heavy atom. The molecule has 78 valence electrons. The van der Waals surface area contributed by atoms with Crippen LogP contribution in [0, 0.1) is 5.92 Å². The van der Waals surface area contributed by atoms with Crippen LogP contribution in [0.2, 0.25) is 0 Å². The van der Waals surface area contributed by atoms with Gasteiger partial charge in [-0.05, 0) is 12.8 Å². The van der Waals surface area contributed by atoms with Crippen molar-refractivity contribution in [3.8, 4) is 0 Å². The molecule has 2 aliphatic heterocycles. The van der Waals surface area contributed by atoms with Crippen molar-refractivity contribution in [1.29, 1.82) is 0 Å². The largest absolute Gasteiger partial charge is 0.309 e. The second-order valence-electron chi connectivity index (χ2n) is 4.31. The second-order valence-corrected chi connectivity index (χ2v) is 6.29. The van der Waals surface area contributed by atoms with E-state index in [4.69, 9.17) is 0 Å². The van der Waals surface area contributed by atoms with Crippen LogP contribution < -0.4 is 10.0 Å². The minimum Gasteiger partial charge on any atom is -0.309 e. The van der Waals surface area contributed by atoms with Gasteiger partial charge < -0.3 is 5.32 Å². The van der Waals surface area contributed by atoms with Crippen molar-refractivity contribution in [2.24, 2.45) is 5.92 Å². The van der Waals surface area contributed by atoms with Gasteiger partial charge in [-0.3, -0.25) is 0 Å². The molecule has 0 unspecified atom stereocenters.